The molecule has 31 heavy (non-hydrogen) atoms. The molecule has 2 aromatic rings. The number of aliphatic hydroxyl groups is 1. The van der Waals surface area contributed by atoms with Gasteiger partial charge in [0.2, 0.25) is 0 Å². The third-order valence-corrected chi connectivity index (χ3v) is 6.42. The normalized spacial score (nSPS) is 16.6. The van der Waals surface area contributed by atoms with Gasteiger partial charge in [0.25, 0.3) is 0 Å². The van der Waals surface area contributed by atoms with E-state index in [0.29, 0.717) is 25.0 Å². The van der Waals surface area contributed by atoms with E-state index < -0.39 is 6.10 Å². The topological polar surface area (TPSA) is 107 Å². The monoisotopic (exact) mass is 428 g/mol. The van der Waals surface area contributed by atoms with Crippen molar-refractivity contribution < 1.29 is 30.0 Å². The molecular formula is C25H32O6. The van der Waals surface area contributed by atoms with Crippen LogP contribution in [0.5, 0.6) is 23.0 Å². The lowest BCUT2D eigenvalue weighted by atomic mass is 9.66. The van der Waals surface area contributed by atoms with Crippen LogP contribution in [0.25, 0.3) is 0 Å². The second-order valence-electron chi connectivity index (χ2n) is 8.65. The van der Waals surface area contributed by atoms with Crippen LogP contribution < -0.4 is 4.74 Å². The highest BCUT2D eigenvalue weighted by molar-refractivity contribution is 5.79. The molecule has 0 amide bonds. The smallest absolute Gasteiger partial charge is 0.160 e. The summed E-state index contributed by atoms with van der Waals surface area (Å²) >= 11 is 0. The largest absolute Gasteiger partial charge is 0.504 e. The van der Waals surface area contributed by atoms with Crippen molar-refractivity contribution in [2.24, 2.45) is 0 Å². The molecule has 0 unspecified atom stereocenters. The number of hydrogen-bond donors (Lipinski definition) is 4. The van der Waals surface area contributed by atoms with E-state index in [1.165, 1.54) is 13.2 Å². The van der Waals surface area contributed by atoms with E-state index in [-0.39, 0.29) is 34.9 Å². The highest BCUT2D eigenvalue weighted by atomic mass is 16.5. The zero-order chi connectivity index (χ0) is 22.4. The number of carbonyl (C=O) groups is 1. The summed E-state index contributed by atoms with van der Waals surface area (Å²) in [4.78, 5) is 12.5. The molecule has 0 aliphatic heterocycles. The molecule has 0 radical (unpaired) electrons. The highest BCUT2D eigenvalue weighted by Crippen LogP contribution is 2.45. The van der Waals surface area contributed by atoms with Crippen molar-refractivity contribution in [2.75, 3.05) is 7.11 Å². The highest BCUT2D eigenvalue weighted by Gasteiger charge is 2.36. The molecule has 6 heteroatoms. The first-order chi connectivity index (χ1) is 14.8. The fourth-order valence-electron chi connectivity index (χ4n) is 4.74. The fraction of sp³-hybridized carbons (Fsp3) is 0.480. The Bertz CT molecular complexity index is 901. The number of phenolic OH excluding ortho intramolecular Hbond substituents is 3. The van der Waals surface area contributed by atoms with Crippen LogP contribution in [0.3, 0.4) is 0 Å². The molecule has 1 fully saturated rings. The first-order valence-electron chi connectivity index (χ1n) is 10.9. The Morgan fingerprint density at radius 2 is 1.71 bits per heavy atom. The van der Waals surface area contributed by atoms with Gasteiger partial charge in [-0.05, 0) is 66.5 Å². The molecular weight excluding hydrogens is 396 g/mol. The Balaban J connectivity index is 1.62. The Kier molecular flexibility index (Phi) is 7.44. The van der Waals surface area contributed by atoms with Crippen LogP contribution >= 0.6 is 0 Å². The summed E-state index contributed by atoms with van der Waals surface area (Å²) in [5.74, 6) is 0.111. The van der Waals surface area contributed by atoms with Gasteiger partial charge in [-0.2, -0.15) is 0 Å². The summed E-state index contributed by atoms with van der Waals surface area (Å²) in [7, 11) is 1.48. The van der Waals surface area contributed by atoms with Gasteiger partial charge in [-0.15, -0.1) is 0 Å². The van der Waals surface area contributed by atoms with Crippen molar-refractivity contribution >= 4 is 5.78 Å². The number of carbonyl (C=O) groups excluding carboxylic acids is 1. The van der Waals surface area contributed by atoms with Crippen LogP contribution in [-0.2, 0) is 16.6 Å². The van der Waals surface area contributed by atoms with E-state index in [1.807, 2.05) is 6.07 Å². The van der Waals surface area contributed by atoms with E-state index in [4.69, 9.17) is 4.74 Å². The maximum atomic E-state index is 12.5. The van der Waals surface area contributed by atoms with Gasteiger partial charge < -0.3 is 25.2 Å². The molecule has 6 nitrogen and oxygen atoms in total. The van der Waals surface area contributed by atoms with Crippen molar-refractivity contribution in [1.82, 2.24) is 0 Å². The van der Waals surface area contributed by atoms with E-state index in [0.717, 1.165) is 43.2 Å². The third-order valence-electron chi connectivity index (χ3n) is 6.42. The van der Waals surface area contributed by atoms with Gasteiger partial charge in [0.1, 0.15) is 5.78 Å². The summed E-state index contributed by atoms with van der Waals surface area (Å²) < 4.78 is 5.10. The molecule has 0 spiro atoms. The lowest BCUT2D eigenvalue weighted by Crippen LogP contribution is -2.34. The molecule has 1 aliphatic carbocycles. The van der Waals surface area contributed by atoms with Gasteiger partial charge in [-0.1, -0.05) is 31.4 Å². The van der Waals surface area contributed by atoms with Gasteiger partial charge >= 0.3 is 0 Å². The Hall–Kier alpha value is -2.73. The average molecular weight is 429 g/mol. The minimum absolute atomic E-state index is 0.0148. The Morgan fingerprint density at radius 3 is 2.39 bits per heavy atom. The zero-order valence-electron chi connectivity index (χ0n) is 18.0. The predicted molar refractivity (Wildman–Crippen MR) is 118 cm³/mol. The zero-order valence-corrected chi connectivity index (χ0v) is 18.0. The van der Waals surface area contributed by atoms with E-state index in [1.54, 1.807) is 24.3 Å². The molecule has 0 heterocycles. The summed E-state index contributed by atoms with van der Waals surface area (Å²) in [5.41, 5.74) is 1.50. The van der Waals surface area contributed by atoms with Crippen molar-refractivity contribution in [3.05, 3.63) is 47.5 Å². The minimum Gasteiger partial charge on any atom is -0.504 e. The van der Waals surface area contributed by atoms with Crippen molar-refractivity contribution in [3.63, 3.8) is 0 Å². The molecule has 0 aromatic heterocycles. The molecule has 4 N–H and O–H groups in total. The van der Waals surface area contributed by atoms with Crippen LogP contribution in [0.2, 0.25) is 0 Å². The first kappa shape index (κ1) is 22.9. The summed E-state index contributed by atoms with van der Waals surface area (Å²) in [5, 5.41) is 40.1. The minimum atomic E-state index is -0.768. The number of aryl methyl sites for hydroxylation is 1. The fourth-order valence-corrected chi connectivity index (χ4v) is 4.74. The van der Waals surface area contributed by atoms with E-state index in [2.05, 4.69) is 0 Å². The molecule has 0 bridgehead atoms. The molecule has 0 saturated heterocycles. The number of ketones is 1. The Morgan fingerprint density at radius 1 is 1.00 bits per heavy atom. The van der Waals surface area contributed by atoms with Gasteiger partial charge in [0.05, 0.1) is 13.2 Å². The molecule has 168 valence electrons. The molecule has 1 atom stereocenters. The maximum Gasteiger partial charge on any atom is 0.160 e. The maximum absolute atomic E-state index is 12.5. The van der Waals surface area contributed by atoms with Crippen LogP contribution in [0.15, 0.2) is 36.4 Å². The standard InChI is InChI=1S/C25H32O6/c1-31-24-13-17(6-9-22(24)29)5-8-19(26)15-20(27)16-25(11-3-2-4-12-25)18-7-10-21(28)23(30)14-18/h6-7,9-10,13-14,20,27-30H,2-5,8,11-12,15-16H2,1H3/t20-/m0/s1. The van der Waals surface area contributed by atoms with Crippen molar-refractivity contribution in [2.45, 2.75) is 69.3 Å². The number of ether oxygens (including phenoxy) is 1. The number of phenols is 3. The van der Waals surface area contributed by atoms with Gasteiger partial charge in [-0.3, -0.25) is 4.79 Å². The number of methoxy groups -OCH3 is 1. The number of hydrogen-bond acceptors (Lipinski definition) is 6. The number of Topliss-reactive ketones (excluding diaryl/α,β-unsaturated/α-hetero) is 1. The molecule has 1 aliphatic rings. The van der Waals surface area contributed by atoms with Gasteiger partial charge in [0.15, 0.2) is 23.0 Å². The lowest BCUT2D eigenvalue weighted by molar-refractivity contribution is -0.121. The van der Waals surface area contributed by atoms with Gasteiger partial charge in [-0.25, -0.2) is 0 Å². The number of aliphatic hydroxyl groups excluding tert-OH is 1. The van der Waals surface area contributed by atoms with Crippen LogP contribution in [-0.4, -0.2) is 39.4 Å². The SMILES string of the molecule is COc1cc(CCC(=O)C[C@H](O)CC2(c3ccc(O)c(O)c3)CCCCC2)ccc1O. The Labute approximate surface area is 183 Å². The summed E-state index contributed by atoms with van der Waals surface area (Å²) in [6.45, 7) is 0. The van der Waals surface area contributed by atoms with Crippen molar-refractivity contribution in [3.8, 4) is 23.0 Å². The lowest BCUT2D eigenvalue weighted by Gasteiger charge is -2.39. The predicted octanol–water partition coefficient (Wildman–Crippen LogP) is 4.36. The second kappa shape index (κ2) is 10.1. The molecule has 2 aromatic carbocycles. The van der Waals surface area contributed by atoms with E-state index in [9.17, 15) is 25.2 Å². The van der Waals surface area contributed by atoms with Crippen LogP contribution in [0.1, 0.15) is 62.5 Å². The number of rotatable bonds is 9. The van der Waals surface area contributed by atoms with E-state index >= 15 is 0 Å². The second-order valence-corrected chi connectivity index (χ2v) is 8.65. The number of benzene rings is 2. The first-order valence-corrected chi connectivity index (χ1v) is 10.9. The molecule has 3 rings (SSSR count). The van der Waals surface area contributed by atoms with Gasteiger partial charge in [0, 0.05) is 12.8 Å². The van der Waals surface area contributed by atoms with Crippen LogP contribution in [0, 0.1) is 0 Å². The summed E-state index contributed by atoms with van der Waals surface area (Å²) in [6, 6.07) is 9.92. The average Bonchev–Trinajstić information content (AvgIpc) is 2.75. The number of aromatic hydroxyl groups is 3. The summed E-state index contributed by atoms with van der Waals surface area (Å²) in [6.07, 6.45) is 5.56. The third kappa shape index (κ3) is 5.70. The van der Waals surface area contributed by atoms with Crippen molar-refractivity contribution in [1.29, 1.82) is 0 Å². The van der Waals surface area contributed by atoms with Crippen LogP contribution in [0.4, 0.5) is 0 Å². The molecule has 1 saturated carbocycles. The quantitative estimate of drug-likeness (QED) is 0.442.